The van der Waals surface area contributed by atoms with E-state index in [-0.39, 0.29) is 0 Å². The monoisotopic (exact) mass is 166 g/mol. The van der Waals surface area contributed by atoms with Gasteiger partial charge in [0.15, 0.2) is 0 Å². The van der Waals surface area contributed by atoms with Crippen LogP contribution in [0.15, 0.2) is 30.2 Å². The number of ether oxygens (including phenoxy) is 1. The average Bonchev–Trinajstić information content (AvgIpc) is 2.02. The third-order valence-corrected chi connectivity index (χ3v) is 1.24. The van der Waals surface area contributed by atoms with Crippen molar-refractivity contribution in [3.05, 3.63) is 30.2 Å². The normalized spacial score (nSPS) is 10.3. The summed E-state index contributed by atoms with van der Waals surface area (Å²) >= 11 is 0. The van der Waals surface area contributed by atoms with Crippen LogP contribution in [0.1, 0.15) is 26.7 Å². The van der Waals surface area contributed by atoms with Gasteiger partial charge in [0.2, 0.25) is 0 Å². The smallest absolute Gasteiger partial charge is 0.343 e. The molecule has 0 saturated carbocycles. The Hall–Kier alpha value is -1.27. The Bertz CT molecular complexity index is 220. The second kappa shape index (κ2) is 6.44. The number of allylic oxidation sites excluding steroid dienone is 1. The molecule has 0 aliphatic rings. The molecule has 0 atom stereocenters. The van der Waals surface area contributed by atoms with Crippen LogP contribution in [0.3, 0.4) is 0 Å². The third-order valence-electron chi connectivity index (χ3n) is 1.24. The van der Waals surface area contributed by atoms with E-state index in [0.717, 1.165) is 24.5 Å². The van der Waals surface area contributed by atoms with Crippen LogP contribution in [0.5, 0.6) is 0 Å². The van der Waals surface area contributed by atoms with Gasteiger partial charge < -0.3 is 4.74 Å². The Morgan fingerprint density at radius 2 is 2.33 bits per heavy atom. The van der Waals surface area contributed by atoms with Crippen LogP contribution < -0.4 is 0 Å². The molecule has 0 amide bonds. The van der Waals surface area contributed by atoms with Crippen molar-refractivity contribution in [3.8, 4) is 0 Å². The van der Waals surface area contributed by atoms with Gasteiger partial charge in [0.25, 0.3) is 0 Å². The number of hydrogen-bond acceptors (Lipinski definition) is 2. The Kier molecular flexibility index (Phi) is 5.76. The lowest BCUT2D eigenvalue weighted by Crippen LogP contribution is -1.93. The van der Waals surface area contributed by atoms with Crippen LogP contribution in [0.25, 0.3) is 0 Å². The van der Waals surface area contributed by atoms with E-state index in [1.54, 1.807) is 0 Å². The Morgan fingerprint density at radius 1 is 1.67 bits per heavy atom. The molecule has 0 aliphatic carbocycles. The molecule has 0 aromatic carbocycles. The second-order valence-corrected chi connectivity index (χ2v) is 2.50. The standard InChI is InChI=1S/C10H14O2/c1-4-6-9(3)8-12-10(11)7-5-2/h7-8H,2,4,6H2,1,3H3. The minimum Gasteiger partial charge on any atom is -0.431 e. The predicted molar refractivity (Wildman–Crippen MR) is 48.5 cm³/mol. The molecule has 0 aromatic rings. The zero-order valence-electron chi connectivity index (χ0n) is 7.59. The van der Waals surface area contributed by atoms with E-state index in [1.165, 1.54) is 6.26 Å². The van der Waals surface area contributed by atoms with E-state index >= 15 is 0 Å². The molecule has 0 N–H and O–H groups in total. The van der Waals surface area contributed by atoms with E-state index in [1.807, 2.05) is 6.92 Å². The minimum absolute atomic E-state index is 0.430. The maximum Gasteiger partial charge on any atom is 0.343 e. The van der Waals surface area contributed by atoms with Crippen LogP contribution >= 0.6 is 0 Å². The second-order valence-electron chi connectivity index (χ2n) is 2.50. The number of carbonyl (C=O) groups is 1. The maximum atomic E-state index is 10.7. The molecule has 0 fully saturated rings. The first-order valence-corrected chi connectivity index (χ1v) is 3.92. The zero-order valence-corrected chi connectivity index (χ0v) is 7.59. The zero-order chi connectivity index (χ0) is 9.40. The summed E-state index contributed by atoms with van der Waals surface area (Å²) in [6.07, 6.45) is 4.64. The molecule has 2 heteroatoms. The third kappa shape index (κ3) is 5.51. The van der Waals surface area contributed by atoms with Crippen LogP contribution in [-0.2, 0) is 9.53 Å². The fourth-order valence-electron chi connectivity index (χ4n) is 0.729. The van der Waals surface area contributed by atoms with Crippen molar-refractivity contribution in [3.63, 3.8) is 0 Å². The van der Waals surface area contributed by atoms with Crippen molar-refractivity contribution < 1.29 is 9.53 Å². The molecule has 0 rings (SSSR count). The largest absolute Gasteiger partial charge is 0.431 e. The Morgan fingerprint density at radius 3 is 2.83 bits per heavy atom. The quantitative estimate of drug-likeness (QED) is 0.278. The van der Waals surface area contributed by atoms with Crippen molar-refractivity contribution in [1.29, 1.82) is 0 Å². The molecule has 0 saturated heterocycles. The van der Waals surface area contributed by atoms with Gasteiger partial charge in [0, 0.05) is 0 Å². The topological polar surface area (TPSA) is 26.3 Å². The lowest BCUT2D eigenvalue weighted by Gasteiger charge is -1.96. The molecule has 0 spiro atoms. The highest BCUT2D eigenvalue weighted by atomic mass is 16.5. The fraction of sp³-hybridized carbons (Fsp3) is 0.400. The van der Waals surface area contributed by atoms with Gasteiger partial charge in [-0.05, 0) is 18.9 Å². The first-order chi connectivity index (χ1) is 5.70. The van der Waals surface area contributed by atoms with Gasteiger partial charge in [0.05, 0.1) is 12.3 Å². The molecule has 12 heavy (non-hydrogen) atoms. The summed E-state index contributed by atoms with van der Waals surface area (Å²) in [5.74, 6) is -0.430. The van der Waals surface area contributed by atoms with E-state index < -0.39 is 5.97 Å². The van der Waals surface area contributed by atoms with Crippen molar-refractivity contribution in [2.24, 2.45) is 0 Å². The molecule has 0 aromatic heterocycles. The summed E-state index contributed by atoms with van der Waals surface area (Å²) in [5.41, 5.74) is 3.40. The van der Waals surface area contributed by atoms with Gasteiger partial charge >= 0.3 is 5.97 Å². The lowest BCUT2D eigenvalue weighted by molar-refractivity contribution is -0.132. The van der Waals surface area contributed by atoms with Gasteiger partial charge in [-0.3, -0.25) is 0 Å². The average molecular weight is 166 g/mol. The molecule has 0 bridgehead atoms. The molecule has 0 aliphatic heterocycles. The highest BCUT2D eigenvalue weighted by Gasteiger charge is 1.93. The molecular formula is C10H14O2. The van der Waals surface area contributed by atoms with E-state index in [4.69, 9.17) is 4.74 Å². The fourth-order valence-corrected chi connectivity index (χ4v) is 0.729. The summed E-state index contributed by atoms with van der Waals surface area (Å²) in [5, 5.41) is 0. The van der Waals surface area contributed by atoms with E-state index in [0.29, 0.717) is 0 Å². The number of esters is 1. The van der Waals surface area contributed by atoms with E-state index in [9.17, 15) is 4.79 Å². The molecular weight excluding hydrogens is 152 g/mol. The van der Waals surface area contributed by atoms with Crippen LogP contribution in [-0.4, -0.2) is 5.97 Å². The van der Waals surface area contributed by atoms with Gasteiger partial charge in [0.1, 0.15) is 0 Å². The minimum atomic E-state index is -0.430. The highest BCUT2D eigenvalue weighted by molar-refractivity contribution is 5.82. The molecule has 0 unspecified atom stereocenters. The summed E-state index contributed by atoms with van der Waals surface area (Å²) in [6, 6.07) is 0. The molecule has 66 valence electrons. The van der Waals surface area contributed by atoms with Gasteiger partial charge in [-0.25, -0.2) is 4.79 Å². The molecule has 2 nitrogen and oxygen atoms in total. The van der Waals surface area contributed by atoms with E-state index in [2.05, 4.69) is 19.2 Å². The summed E-state index contributed by atoms with van der Waals surface area (Å²) in [6.45, 7) is 7.26. The van der Waals surface area contributed by atoms with Crippen molar-refractivity contribution >= 4 is 5.97 Å². The van der Waals surface area contributed by atoms with Crippen molar-refractivity contribution in [2.75, 3.05) is 0 Å². The summed E-state index contributed by atoms with van der Waals surface area (Å²) in [4.78, 5) is 10.7. The number of carbonyl (C=O) groups excluding carboxylic acids is 1. The van der Waals surface area contributed by atoms with Crippen LogP contribution in [0.4, 0.5) is 0 Å². The van der Waals surface area contributed by atoms with Gasteiger partial charge in [-0.2, -0.15) is 0 Å². The maximum absolute atomic E-state index is 10.7. The number of hydrogen-bond donors (Lipinski definition) is 0. The van der Waals surface area contributed by atoms with Gasteiger partial charge in [-0.1, -0.05) is 19.9 Å². The molecule has 0 heterocycles. The SMILES string of the molecule is C=C=CC(=O)OC=C(C)CCC. The van der Waals surface area contributed by atoms with Crippen LogP contribution in [0.2, 0.25) is 0 Å². The Balaban J connectivity index is 3.86. The summed E-state index contributed by atoms with van der Waals surface area (Å²) < 4.78 is 4.74. The van der Waals surface area contributed by atoms with Gasteiger partial charge in [-0.15, -0.1) is 5.73 Å². The van der Waals surface area contributed by atoms with Crippen LogP contribution in [0, 0.1) is 0 Å². The number of rotatable bonds is 4. The Labute approximate surface area is 73.2 Å². The lowest BCUT2D eigenvalue weighted by atomic mass is 10.2. The molecule has 0 radical (unpaired) electrons. The first kappa shape index (κ1) is 10.7. The first-order valence-electron chi connectivity index (χ1n) is 3.92. The van der Waals surface area contributed by atoms with Crippen molar-refractivity contribution in [2.45, 2.75) is 26.7 Å². The van der Waals surface area contributed by atoms with Crippen molar-refractivity contribution in [1.82, 2.24) is 0 Å². The predicted octanol–water partition coefficient (Wildman–Crippen LogP) is 2.57. The highest BCUT2D eigenvalue weighted by Crippen LogP contribution is 2.02. The summed E-state index contributed by atoms with van der Waals surface area (Å²) in [7, 11) is 0.